The third-order valence-electron chi connectivity index (χ3n) is 3.12. The van der Waals surface area contributed by atoms with E-state index in [-0.39, 0.29) is 6.54 Å². The Hall–Kier alpha value is -2.45. The van der Waals surface area contributed by atoms with Crippen LogP contribution in [0.4, 0.5) is 15.3 Å². The molecule has 0 fully saturated rings. The lowest BCUT2D eigenvalue weighted by atomic mass is 10.3. The van der Waals surface area contributed by atoms with Crippen LogP contribution < -0.4 is 10.2 Å². The molecule has 1 aromatic rings. The summed E-state index contributed by atoms with van der Waals surface area (Å²) in [7, 11) is 3.06. The second-order valence-electron chi connectivity index (χ2n) is 4.73. The summed E-state index contributed by atoms with van der Waals surface area (Å²) in [5.74, 6) is 0. The number of nitrogens with one attached hydrogen (secondary N) is 1. The molecule has 0 aliphatic rings. The number of para-hydroxylation sites is 1. The van der Waals surface area contributed by atoms with E-state index in [2.05, 4.69) is 5.32 Å². The van der Waals surface area contributed by atoms with Gasteiger partial charge in [-0.25, -0.2) is 14.5 Å². The van der Waals surface area contributed by atoms with Crippen LogP contribution in [0.3, 0.4) is 0 Å². The average Bonchev–Trinajstić information content (AvgIpc) is 2.61. The quantitative estimate of drug-likeness (QED) is 0.727. The first-order valence-electron chi connectivity index (χ1n) is 7.40. The lowest BCUT2D eigenvalue weighted by molar-refractivity contribution is 0.125. The molecule has 1 radical (unpaired) electrons. The first-order valence-corrected chi connectivity index (χ1v) is 7.40. The van der Waals surface area contributed by atoms with Gasteiger partial charge in [-0.15, -0.1) is 0 Å². The maximum absolute atomic E-state index is 12.8. The number of carbonyl (C=O) groups excluding carboxylic acids is 3. The number of amides is 4. The molecule has 0 spiro atoms. The third kappa shape index (κ3) is 5.98. The van der Waals surface area contributed by atoms with E-state index < -0.39 is 12.1 Å². The molecule has 1 aromatic carbocycles. The minimum Gasteiger partial charge on any atom is -0.383 e. The van der Waals surface area contributed by atoms with Gasteiger partial charge in [0.2, 0.25) is 6.29 Å². The van der Waals surface area contributed by atoms with E-state index in [0.717, 1.165) is 4.90 Å². The van der Waals surface area contributed by atoms with Crippen molar-refractivity contribution in [1.29, 1.82) is 0 Å². The highest BCUT2D eigenvalue weighted by molar-refractivity contribution is 6.13. The number of carbonyl (C=O) groups is 2. The van der Waals surface area contributed by atoms with Gasteiger partial charge in [-0.2, -0.15) is 0 Å². The van der Waals surface area contributed by atoms with Crippen molar-refractivity contribution in [3.8, 4) is 0 Å². The van der Waals surface area contributed by atoms with Crippen molar-refractivity contribution in [2.75, 3.05) is 52.0 Å². The number of benzene rings is 1. The maximum Gasteiger partial charge on any atom is 0.332 e. The minimum atomic E-state index is -0.700. The first-order chi connectivity index (χ1) is 11.7. The summed E-state index contributed by atoms with van der Waals surface area (Å²) < 4.78 is 10.0. The number of ether oxygens (including phenoxy) is 2. The number of nitrogens with zero attached hydrogens (tertiary/aromatic N) is 2. The fraction of sp³-hybridized carbons (Fsp3) is 0.438. The van der Waals surface area contributed by atoms with Gasteiger partial charge in [-0.3, -0.25) is 4.79 Å². The lowest BCUT2D eigenvalue weighted by Crippen LogP contribution is -2.52. The SMILES string of the molecule is COCCN(CCOC)C(=O)N(C(=O)NC[C]=O)c1ccccc1. The van der Waals surface area contributed by atoms with E-state index in [0.29, 0.717) is 32.0 Å². The molecule has 4 amide bonds. The normalized spacial score (nSPS) is 10.1. The van der Waals surface area contributed by atoms with Crippen LogP contribution >= 0.6 is 0 Å². The molecule has 0 saturated heterocycles. The van der Waals surface area contributed by atoms with Crippen molar-refractivity contribution in [2.45, 2.75) is 0 Å². The molecule has 24 heavy (non-hydrogen) atoms. The first kappa shape index (κ1) is 19.6. The number of anilines is 1. The molecule has 0 saturated carbocycles. The van der Waals surface area contributed by atoms with Gasteiger partial charge in [-0.1, -0.05) is 18.2 Å². The van der Waals surface area contributed by atoms with Gasteiger partial charge < -0.3 is 19.7 Å². The van der Waals surface area contributed by atoms with Gasteiger partial charge in [-0.05, 0) is 12.1 Å². The molecule has 0 bridgehead atoms. The standard InChI is InChI=1S/C16H22N3O5/c1-23-12-9-18(10-13-24-2)16(22)19(15(21)17-8-11-20)14-6-4-3-5-7-14/h3-7H,8-10,12-13H2,1-2H3,(H,17,21). The highest BCUT2D eigenvalue weighted by Crippen LogP contribution is 2.16. The number of imide groups is 1. The molecular weight excluding hydrogens is 314 g/mol. The zero-order chi connectivity index (χ0) is 17.8. The molecule has 0 atom stereocenters. The fourth-order valence-corrected chi connectivity index (χ4v) is 1.93. The smallest absolute Gasteiger partial charge is 0.332 e. The summed E-state index contributed by atoms with van der Waals surface area (Å²) in [6.45, 7) is 0.944. The van der Waals surface area contributed by atoms with Gasteiger partial charge >= 0.3 is 12.1 Å². The van der Waals surface area contributed by atoms with E-state index >= 15 is 0 Å². The Balaban J connectivity index is 3.02. The maximum atomic E-state index is 12.8. The van der Waals surface area contributed by atoms with Crippen molar-refractivity contribution in [2.24, 2.45) is 0 Å². The van der Waals surface area contributed by atoms with Crippen LogP contribution in [-0.2, 0) is 14.3 Å². The Labute approximate surface area is 141 Å². The Morgan fingerprint density at radius 3 is 2.17 bits per heavy atom. The fourth-order valence-electron chi connectivity index (χ4n) is 1.93. The summed E-state index contributed by atoms with van der Waals surface area (Å²) in [6.07, 6.45) is 1.57. The van der Waals surface area contributed by atoms with Crippen LogP contribution in [0.25, 0.3) is 0 Å². The Bertz CT molecular complexity index is 516. The highest BCUT2D eigenvalue weighted by atomic mass is 16.5. The van der Waals surface area contributed by atoms with Crippen LogP contribution in [0.15, 0.2) is 30.3 Å². The van der Waals surface area contributed by atoms with Crippen molar-refractivity contribution >= 4 is 24.0 Å². The van der Waals surface area contributed by atoms with Crippen molar-refractivity contribution in [1.82, 2.24) is 10.2 Å². The van der Waals surface area contributed by atoms with Gasteiger partial charge in [0, 0.05) is 27.3 Å². The molecular formula is C16H22N3O5. The summed E-state index contributed by atoms with van der Waals surface area (Å²) in [5.41, 5.74) is 0.394. The topological polar surface area (TPSA) is 88.2 Å². The molecule has 8 heteroatoms. The Morgan fingerprint density at radius 1 is 1.08 bits per heavy atom. The predicted octanol–water partition coefficient (Wildman–Crippen LogP) is 1.03. The van der Waals surface area contributed by atoms with Crippen LogP contribution in [0.1, 0.15) is 0 Å². The monoisotopic (exact) mass is 336 g/mol. The molecule has 0 heterocycles. The molecule has 0 aliphatic carbocycles. The van der Waals surface area contributed by atoms with Crippen LogP contribution in [0.5, 0.6) is 0 Å². The van der Waals surface area contributed by atoms with E-state index in [4.69, 9.17) is 9.47 Å². The van der Waals surface area contributed by atoms with Crippen LogP contribution in [-0.4, -0.2) is 70.3 Å². The third-order valence-corrected chi connectivity index (χ3v) is 3.12. The van der Waals surface area contributed by atoms with E-state index in [1.54, 1.807) is 36.6 Å². The second-order valence-corrected chi connectivity index (χ2v) is 4.73. The molecule has 0 aromatic heterocycles. The van der Waals surface area contributed by atoms with Crippen molar-refractivity contribution in [3.05, 3.63) is 30.3 Å². The zero-order valence-corrected chi connectivity index (χ0v) is 13.9. The van der Waals surface area contributed by atoms with Gasteiger partial charge in [0.25, 0.3) is 0 Å². The lowest BCUT2D eigenvalue weighted by Gasteiger charge is -2.29. The number of hydrogen-bond acceptors (Lipinski definition) is 5. The molecule has 0 aliphatic heterocycles. The van der Waals surface area contributed by atoms with E-state index in [1.807, 2.05) is 0 Å². The summed E-state index contributed by atoms with van der Waals surface area (Å²) in [5, 5.41) is 2.33. The molecule has 1 rings (SSSR count). The second kappa shape index (κ2) is 11.1. The average molecular weight is 336 g/mol. The minimum absolute atomic E-state index is 0.300. The van der Waals surface area contributed by atoms with Crippen molar-refractivity contribution < 1.29 is 23.9 Å². The summed E-state index contributed by atoms with van der Waals surface area (Å²) in [4.78, 5) is 38.0. The highest BCUT2D eigenvalue weighted by Gasteiger charge is 2.27. The summed E-state index contributed by atoms with van der Waals surface area (Å²) >= 11 is 0. The van der Waals surface area contributed by atoms with Crippen molar-refractivity contribution in [3.63, 3.8) is 0 Å². The number of urea groups is 2. The molecule has 1 N–H and O–H groups in total. The Morgan fingerprint density at radius 2 is 1.67 bits per heavy atom. The zero-order valence-electron chi connectivity index (χ0n) is 13.9. The number of rotatable bonds is 9. The van der Waals surface area contributed by atoms with Gasteiger partial charge in [0.1, 0.15) is 0 Å². The van der Waals surface area contributed by atoms with E-state index in [1.165, 1.54) is 19.1 Å². The molecule has 0 unspecified atom stereocenters. The number of methoxy groups -OCH3 is 2. The van der Waals surface area contributed by atoms with Crippen LogP contribution in [0, 0.1) is 0 Å². The summed E-state index contributed by atoms with van der Waals surface area (Å²) in [6, 6.07) is 7.23. The Kier molecular flexibility index (Phi) is 9.10. The molecule has 131 valence electrons. The molecule has 8 nitrogen and oxygen atoms in total. The largest absolute Gasteiger partial charge is 0.383 e. The van der Waals surface area contributed by atoms with Gasteiger partial charge in [0.05, 0.1) is 25.4 Å². The predicted molar refractivity (Wildman–Crippen MR) is 88.7 cm³/mol. The van der Waals surface area contributed by atoms with E-state index in [9.17, 15) is 14.4 Å². The van der Waals surface area contributed by atoms with Crippen LogP contribution in [0.2, 0.25) is 0 Å². The van der Waals surface area contributed by atoms with Gasteiger partial charge in [0.15, 0.2) is 0 Å². The number of hydrogen-bond donors (Lipinski definition) is 1.